The van der Waals surface area contributed by atoms with Crippen molar-refractivity contribution in [1.29, 1.82) is 0 Å². The number of rotatable bonds is 3. The summed E-state index contributed by atoms with van der Waals surface area (Å²) in [5, 5.41) is 0. The van der Waals surface area contributed by atoms with E-state index in [0.717, 1.165) is 30.6 Å². The number of aromatic nitrogens is 2. The topological polar surface area (TPSA) is 57.9 Å². The minimum Gasteiger partial charge on any atom is -0.345 e. The lowest BCUT2D eigenvalue weighted by Gasteiger charge is -2.31. The molecule has 138 valence electrons. The molecule has 0 radical (unpaired) electrons. The molecule has 2 fully saturated rings. The highest BCUT2D eigenvalue weighted by Gasteiger charge is 2.41. The Labute approximate surface area is 153 Å². The van der Waals surface area contributed by atoms with E-state index in [1.54, 1.807) is 10.5 Å². The van der Waals surface area contributed by atoms with Gasteiger partial charge in [-0.25, -0.2) is 4.98 Å². The summed E-state index contributed by atoms with van der Waals surface area (Å²) in [5.41, 5.74) is 2.51. The highest BCUT2D eigenvalue weighted by atomic mass is 16.2. The van der Waals surface area contributed by atoms with Gasteiger partial charge in [0.1, 0.15) is 5.65 Å². The van der Waals surface area contributed by atoms with Gasteiger partial charge in [0.25, 0.3) is 5.56 Å². The van der Waals surface area contributed by atoms with Gasteiger partial charge in [-0.2, -0.15) is 0 Å². The van der Waals surface area contributed by atoms with E-state index >= 15 is 0 Å². The third kappa shape index (κ3) is 3.14. The molecule has 0 aromatic carbocycles. The number of aryl methyl sites for hydroxylation is 1. The quantitative estimate of drug-likeness (QED) is 0.842. The van der Waals surface area contributed by atoms with Gasteiger partial charge in [-0.15, -0.1) is 0 Å². The van der Waals surface area contributed by atoms with Crippen LogP contribution < -0.4 is 5.56 Å². The van der Waals surface area contributed by atoms with Gasteiger partial charge in [0, 0.05) is 44.9 Å². The number of nitrogens with zero attached hydrogens (tertiary/aromatic N) is 4. The summed E-state index contributed by atoms with van der Waals surface area (Å²) < 4.78 is 1.60. The monoisotopic (exact) mass is 354 g/mol. The fourth-order valence-electron chi connectivity index (χ4n) is 4.57. The first-order valence-electron chi connectivity index (χ1n) is 9.34. The van der Waals surface area contributed by atoms with Gasteiger partial charge in [0.15, 0.2) is 0 Å². The first kappa shape index (κ1) is 17.2. The second kappa shape index (κ2) is 6.50. The van der Waals surface area contributed by atoms with Crippen LogP contribution >= 0.6 is 0 Å². The van der Waals surface area contributed by atoms with Crippen LogP contribution in [0.25, 0.3) is 5.65 Å². The molecule has 0 N–H and O–H groups in total. The van der Waals surface area contributed by atoms with Crippen LogP contribution in [-0.4, -0.2) is 51.8 Å². The van der Waals surface area contributed by atoms with Crippen molar-refractivity contribution in [3.8, 4) is 0 Å². The second-order valence-corrected chi connectivity index (χ2v) is 8.06. The van der Waals surface area contributed by atoms with Crippen molar-refractivity contribution in [1.82, 2.24) is 19.2 Å². The molecular weight excluding hydrogens is 328 g/mol. The summed E-state index contributed by atoms with van der Waals surface area (Å²) in [6, 6.07) is 5.96. The van der Waals surface area contributed by atoms with Crippen LogP contribution in [0.4, 0.5) is 0 Å². The van der Waals surface area contributed by atoms with Gasteiger partial charge in [0.2, 0.25) is 5.91 Å². The first-order chi connectivity index (χ1) is 12.4. The Morgan fingerprint density at radius 2 is 2.00 bits per heavy atom. The van der Waals surface area contributed by atoms with Crippen molar-refractivity contribution >= 4 is 11.6 Å². The average Bonchev–Trinajstić information content (AvgIpc) is 2.99. The van der Waals surface area contributed by atoms with Crippen LogP contribution in [0.15, 0.2) is 29.2 Å². The average molecular weight is 354 g/mol. The van der Waals surface area contributed by atoms with Crippen LogP contribution in [0.1, 0.15) is 30.5 Å². The Morgan fingerprint density at radius 1 is 1.23 bits per heavy atom. The Kier molecular flexibility index (Phi) is 4.31. The van der Waals surface area contributed by atoms with E-state index in [9.17, 15) is 9.59 Å². The number of likely N-dealkylation sites (tertiary alicyclic amines) is 1. The molecule has 1 saturated carbocycles. The summed E-state index contributed by atoms with van der Waals surface area (Å²) in [7, 11) is 4.01. The minimum absolute atomic E-state index is 0.0330. The maximum Gasteiger partial charge on any atom is 0.258 e. The van der Waals surface area contributed by atoms with Crippen molar-refractivity contribution < 1.29 is 4.79 Å². The lowest BCUT2D eigenvalue weighted by atomic mass is 9.88. The molecule has 2 aromatic rings. The number of pyridine rings is 1. The van der Waals surface area contributed by atoms with E-state index in [4.69, 9.17) is 0 Å². The summed E-state index contributed by atoms with van der Waals surface area (Å²) in [6.45, 7) is 3.51. The van der Waals surface area contributed by atoms with Gasteiger partial charge in [-0.3, -0.25) is 18.9 Å². The van der Waals surface area contributed by atoms with E-state index in [1.165, 1.54) is 0 Å². The number of carbonyl (C=O) groups excluding carboxylic acids is 1. The minimum atomic E-state index is -0.0330. The predicted octanol–water partition coefficient (Wildman–Crippen LogP) is 1.69. The Balaban J connectivity index is 1.49. The third-order valence-electron chi connectivity index (χ3n) is 6.08. The standard InChI is InChI=1S/C20H26N4O2/c1-13-4-5-18-21-16(9-20(26)24(18)10-13)12-22(2)17-6-14-8-19(25)23(3)11-15(14)7-17/h4-5,9-10,14-15,17H,6-8,11-12H2,1-3H3/t14-,15+,17?/m0/s1. The van der Waals surface area contributed by atoms with E-state index in [0.29, 0.717) is 36.5 Å². The number of carbonyl (C=O) groups is 1. The molecule has 4 rings (SSSR count). The second-order valence-electron chi connectivity index (χ2n) is 8.06. The lowest BCUT2D eigenvalue weighted by molar-refractivity contribution is -0.134. The van der Waals surface area contributed by atoms with E-state index in [2.05, 4.69) is 16.9 Å². The van der Waals surface area contributed by atoms with Gasteiger partial charge in [-0.05, 0) is 50.3 Å². The van der Waals surface area contributed by atoms with Crippen molar-refractivity contribution in [3.05, 3.63) is 46.0 Å². The zero-order chi connectivity index (χ0) is 18.4. The lowest BCUT2D eigenvalue weighted by Crippen LogP contribution is -2.39. The van der Waals surface area contributed by atoms with Crippen molar-refractivity contribution in [2.24, 2.45) is 11.8 Å². The van der Waals surface area contributed by atoms with E-state index in [1.807, 2.05) is 37.2 Å². The molecule has 3 atom stereocenters. The molecule has 1 unspecified atom stereocenters. The SMILES string of the molecule is Cc1ccc2nc(CN(C)C3C[C@H]4CC(=O)N(C)C[C@H]4C3)cc(=O)n2c1. The maximum absolute atomic E-state index is 12.4. The third-order valence-corrected chi connectivity index (χ3v) is 6.08. The number of hydrogen-bond donors (Lipinski definition) is 0. The largest absolute Gasteiger partial charge is 0.345 e. The zero-order valence-electron chi connectivity index (χ0n) is 15.7. The van der Waals surface area contributed by atoms with Gasteiger partial charge in [0.05, 0.1) is 5.69 Å². The van der Waals surface area contributed by atoms with Crippen molar-refractivity contribution in [2.75, 3.05) is 20.6 Å². The molecule has 6 nitrogen and oxygen atoms in total. The van der Waals surface area contributed by atoms with Crippen LogP contribution in [0.2, 0.25) is 0 Å². The molecular formula is C20H26N4O2. The number of amides is 1. The summed E-state index contributed by atoms with van der Waals surface area (Å²) in [5.74, 6) is 1.38. The molecule has 1 saturated heterocycles. The van der Waals surface area contributed by atoms with Gasteiger partial charge < -0.3 is 4.90 Å². The number of piperidine rings is 1. The predicted molar refractivity (Wildman–Crippen MR) is 99.9 cm³/mol. The molecule has 26 heavy (non-hydrogen) atoms. The Morgan fingerprint density at radius 3 is 2.81 bits per heavy atom. The Hall–Kier alpha value is -2.21. The molecule has 0 spiro atoms. The number of fused-ring (bicyclic) bond motifs is 2. The molecule has 0 bridgehead atoms. The molecule has 2 aromatic heterocycles. The summed E-state index contributed by atoms with van der Waals surface area (Å²) in [6.07, 6.45) is 4.69. The normalized spacial score (nSPS) is 25.9. The van der Waals surface area contributed by atoms with Crippen LogP contribution in [0, 0.1) is 18.8 Å². The fourth-order valence-corrected chi connectivity index (χ4v) is 4.57. The number of hydrogen-bond acceptors (Lipinski definition) is 4. The smallest absolute Gasteiger partial charge is 0.258 e. The van der Waals surface area contributed by atoms with Crippen LogP contribution in [0.5, 0.6) is 0 Å². The van der Waals surface area contributed by atoms with Gasteiger partial charge >= 0.3 is 0 Å². The maximum atomic E-state index is 12.4. The van der Waals surface area contributed by atoms with Gasteiger partial charge in [-0.1, -0.05) is 6.07 Å². The van der Waals surface area contributed by atoms with Crippen LogP contribution in [-0.2, 0) is 11.3 Å². The highest BCUT2D eigenvalue weighted by Crippen LogP contribution is 2.40. The van der Waals surface area contributed by atoms with Crippen LogP contribution in [0.3, 0.4) is 0 Å². The van der Waals surface area contributed by atoms with Crippen molar-refractivity contribution in [3.63, 3.8) is 0 Å². The molecule has 2 aliphatic rings. The molecule has 1 aliphatic heterocycles. The molecule has 6 heteroatoms. The summed E-state index contributed by atoms with van der Waals surface area (Å²) in [4.78, 5) is 33.2. The van der Waals surface area contributed by atoms with Crippen molar-refractivity contribution in [2.45, 2.75) is 38.8 Å². The molecule has 3 heterocycles. The first-order valence-corrected chi connectivity index (χ1v) is 9.34. The molecule has 1 amide bonds. The fraction of sp³-hybridized carbons (Fsp3) is 0.550. The Bertz CT molecular complexity index is 906. The molecule has 1 aliphatic carbocycles. The summed E-state index contributed by atoms with van der Waals surface area (Å²) >= 11 is 0. The zero-order valence-corrected chi connectivity index (χ0v) is 15.7. The highest BCUT2D eigenvalue weighted by molar-refractivity contribution is 5.77. The van der Waals surface area contributed by atoms with E-state index in [-0.39, 0.29) is 11.5 Å². The van der Waals surface area contributed by atoms with E-state index < -0.39 is 0 Å².